The van der Waals surface area contributed by atoms with Gasteiger partial charge in [-0.2, -0.15) is 0 Å². The van der Waals surface area contributed by atoms with Crippen LogP contribution < -0.4 is 4.90 Å². The minimum Gasteiger partial charge on any atom is -0.371 e. The van der Waals surface area contributed by atoms with E-state index in [4.69, 9.17) is 0 Å². The van der Waals surface area contributed by atoms with Crippen molar-refractivity contribution >= 4 is 11.4 Å². The fourth-order valence-corrected chi connectivity index (χ4v) is 2.85. The Bertz CT molecular complexity index is 503. The Hall–Kier alpha value is -1.65. The molecule has 0 spiro atoms. The Balaban J connectivity index is 2.13. The molecule has 0 N–H and O–H groups in total. The summed E-state index contributed by atoms with van der Waals surface area (Å²) in [7, 11) is 0. The van der Waals surface area contributed by atoms with Gasteiger partial charge >= 0.3 is 0 Å². The molecular weight excluding hydrogens is 259 g/mol. The number of rotatable bonds is 2. The molecule has 0 bridgehead atoms. The summed E-state index contributed by atoms with van der Waals surface area (Å²) in [4.78, 5) is 12.3. The lowest BCUT2D eigenvalue weighted by Crippen LogP contribution is -2.38. The van der Waals surface area contributed by atoms with Gasteiger partial charge in [-0.25, -0.2) is 4.39 Å². The Morgan fingerprint density at radius 1 is 1.25 bits per heavy atom. The van der Waals surface area contributed by atoms with E-state index in [1.807, 2.05) is 4.90 Å². The van der Waals surface area contributed by atoms with Crippen LogP contribution in [0.4, 0.5) is 15.8 Å². The van der Waals surface area contributed by atoms with Gasteiger partial charge in [-0.05, 0) is 30.2 Å². The maximum atomic E-state index is 13.5. The lowest BCUT2D eigenvalue weighted by atomic mass is 9.75. The SMILES string of the molecule is CC(C)(C)C1CCN(c2cc(F)cc([N+](=O)[O-])c2)CC1. The van der Waals surface area contributed by atoms with Crippen LogP contribution in [0.5, 0.6) is 0 Å². The Morgan fingerprint density at radius 3 is 2.35 bits per heavy atom. The van der Waals surface area contributed by atoms with Gasteiger partial charge in [-0.1, -0.05) is 20.8 Å². The van der Waals surface area contributed by atoms with Crippen molar-refractivity contribution < 1.29 is 9.31 Å². The van der Waals surface area contributed by atoms with Crippen LogP contribution in [0.1, 0.15) is 33.6 Å². The molecule has 0 unspecified atom stereocenters. The number of halogens is 1. The van der Waals surface area contributed by atoms with Gasteiger partial charge in [0.2, 0.25) is 0 Å². The first kappa shape index (κ1) is 14.8. The van der Waals surface area contributed by atoms with E-state index in [2.05, 4.69) is 20.8 Å². The van der Waals surface area contributed by atoms with Gasteiger partial charge in [0, 0.05) is 24.8 Å². The molecule has 0 radical (unpaired) electrons. The molecule has 5 heteroatoms. The number of hydrogen-bond donors (Lipinski definition) is 0. The van der Waals surface area contributed by atoms with Crippen molar-refractivity contribution in [1.29, 1.82) is 0 Å². The molecule has 0 aromatic heterocycles. The minimum absolute atomic E-state index is 0.182. The van der Waals surface area contributed by atoms with Crippen molar-refractivity contribution in [3.63, 3.8) is 0 Å². The summed E-state index contributed by atoms with van der Waals surface area (Å²) in [5.41, 5.74) is 0.710. The second kappa shape index (κ2) is 5.38. The first-order valence-corrected chi connectivity index (χ1v) is 6.97. The zero-order chi connectivity index (χ0) is 14.9. The quantitative estimate of drug-likeness (QED) is 0.607. The summed E-state index contributed by atoms with van der Waals surface area (Å²) < 4.78 is 13.5. The van der Waals surface area contributed by atoms with E-state index in [0.717, 1.165) is 32.0 Å². The highest BCUT2D eigenvalue weighted by Crippen LogP contribution is 2.36. The van der Waals surface area contributed by atoms with Gasteiger partial charge in [-0.15, -0.1) is 0 Å². The molecule has 0 saturated carbocycles. The van der Waals surface area contributed by atoms with Crippen molar-refractivity contribution in [2.24, 2.45) is 11.3 Å². The summed E-state index contributed by atoms with van der Waals surface area (Å²) in [6.07, 6.45) is 2.07. The molecule has 1 aliphatic rings. The number of nitro groups is 1. The topological polar surface area (TPSA) is 46.4 Å². The van der Waals surface area contributed by atoms with E-state index in [1.165, 1.54) is 12.1 Å². The predicted octanol–water partition coefficient (Wildman–Crippen LogP) is 4.00. The first-order chi connectivity index (χ1) is 9.27. The molecule has 1 aromatic rings. The third-order valence-electron chi connectivity index (χ3n) is 4.16. The van der Waals surface area contributed by atoms with E-state index >= 15 is 0 Å². The molecule has 20 heavy (non-hydrogen) atoms. The maximum Gasteiger partial charge on any atom is 0.274 e. The molecule has 1 aromatic carbocycles. The largest absolute Gasteiger partial charge is 0.371 e. The predicted molar refractivity (Wildman–Crippen MR) is 77.4 cm³/mol. The van der Waals surface area contributed by atoms with Crippen molar-refractivity contribution in [3.05, 3.63) is 34.1 Å². The zero-order valence-electron chi connectivity index (χ0n) is 12.2. The zero-order valence-corrected chi connectivity index (χ0v) is 12.2. The van der Waals surface area contributed by atoms with Gasteiger partial charge in [0.1, 0.15) is 5.82 Å². The fraction of sp³-hybridized carbons (Fsp3) is 0.600. The highest BCUT2D eigenvalue weighted by molar-refractivity contribution is 5.53. The summed E-state index contributed by atoms with van der Waals surface area (Å²) in [5.74, 6) is 0.0921. The van der Waals surface area contributed by atoms with Crippen LogP contribution in [0.2, 0.25) is 0 Å². The molecule has 0 amide bonds. The summed E-state index contributed by atoms with van der Waals surface area (Å²) >= 11 is 0. The molecule has 1 heterocycles. The van der Waals surface area contributed by atoms with E-state index in [1.54, 1.807) is 0 Å². The molecule has 0 aliphatic carbocycles. The number of hydrogen-bond acceptors (Lipinski definition) is 3. The Morgan fingerprint density at radius 2 is 1.85 bits per heavy atom. The average molecular weight is 280 g/mol. The number of nitro benzene ring substituents is 1. The summed E-state index contributed by atoms with van der Waals surface area (Å²) in [5, 5.41) is 10.8. The number of anilines is 1. The highest BCUT2D eigenvalue weighted by atomic mass is 19.1. The van der Waals surface area contributed by atoms with E-state index in [9.17, 15) is 14.5 Å². The molecule has 0 atom stereocenters. The summed E-state index contributed by atoms with van der Waals surface area (Å²) in [6, 6.07) is 3.80. The van der Waals surface area contributed by atoms with Crippen LogP contribution in [0, 0.1) is 27.3 Å². The van der Waals surface area contributed by atoms with Crippen LogP contribution in [0.25, 0.3) is 0 Å². The lowest BCUT2D eigenvalue weighted by molar-refractivity contribution is -0.385. The standard InChI is InChI=1S/C15H21FN2O2/c1-15(2,3)11-4-6-17(7-5-11)13-8-12(16)9-14(10-13)18(19)20/h8-11H,4-7H2,1-3H3. The smallest absolute Gasteiger partial charge is 0.274 e. The molecule has 110 valence electrons. The van der Waals surface area contributed by atoms with Gasteiger partial charge in [0.25, 0.3) is 5.69 Å². The second-order valence-corrected chi connectivity index (χ2v) is 6.55. The van der Waals surface area contributed by atoms with Crippen molar-refractivity contribution in [3.8, 4) is 0 Å². The average Bonchev–Trinajstić information content (AvgIpc) is 2.37. The monoisotopic (exact) mass is 280 g/mol. The molecule has 1 saturated heterocycles. The maximum absolute atomic E-state index is 13.5. The van der Waals surface area contributed by atoms with Crippen LogP contribution in [-0.2, 0) is 0 Å². The van der Waals surface area contributed by atoms with Crippen molar-refractivity contribution in [2.45, 2.75) is 33.6 Å². The van der Waals surface area contributed by atoms with Crippen molar-refractivity contribution in [2.75, 3.05) is 18.0 Å². The van der Waals surface area contributed by atoms with Gasteiger partial charge in [-0.3, -0.25) is 10.1 Å². The lowest BCUT2D eigenvalue weighted by Gasteiger charge is -2.39. The minimum atomic E-state index is -0.549. The molecule has 2 rings (SSSR count). The third-order valence-corrected chi connectivity index (χ3v) is 4.16. The van der Waals surface area contributed by atoms with Crippen LogP contribution >= 0.6 is 0 Å². The number of non-ortho nitro benzene ring substituents is 1. The van der Waals surface area contributed by atoms with Gasteiger partial charge < -0.3 is 4.90 Å². The van der Waals surface area contributed by atoms with E-state index in [0.29, 0.717) is 11.6 Å². The van der Waals surface area contributed by atoms with E-state index in [-0.39, 0.29) is 11.1 Å². The van der Waals surface area contributed by atoms with Crippen LogP contribution in [0.15, 0.2) is 18.2 Å². The number of piperidine rings is 1. The third kappa shape index (κ3) is 3.26. The summed E-state index contributed by atoms with van der Waals surface area (Å²) in [6.45, 7) is 8.35. The number of benzene rings is 1. The molecule has 1 aliphatic heterocycles. The van der Waals surface area contributed by atoms with Crippen molar-refractivity contribution in [1.82, 2.24) is 0 Å². The van der Waals surface area contributed by atoms with Gasteiger partial charge in [0.15, 0.2) is 0 Å². The molecule has 1 fully saturated rings. The molecule has 4 nitrogen and oxygen atoms in total. The van der Waals surface area contributed by atoms with Crippen LogP contribution in [-0.4, -0.2) is 18.0 Å². The Kier molecular flexibility index (Phi) is 3.97. The normalized spacial score (nSPS) is 17.3. The van der Waals surface area contributed by atoms with Gasteiger partial charge in [0.05, 0.1) is 11.0 Å². The molecular formula is C15H21FN2O2. The van der Waals surface area contributed by atoms with Crippen LogP contribution in [0.3, 0.4) is 0 Å². The second-order valence-electron chi connectivity index (χ2n) is 6.55. The van der Waals surface area contributed by atoms with E-state index < -0.39 is 10.7 Å². The first-order valence-electron chi connectivity index (χ1n) is 6.97. The Labute approximate surface area is 118 Å². The number of nitrogens with zero attached hydrogens (tertiary/aromatic N) is 2. The fourth-order valence-electron chi connectivity index (χ4n) is 2.85. The highest BCUT2D eigenvalue weighted by Gasteiger charge is 2.29.